The highest BCUT2D eigenvalue weighted by Crippen LogP contribution is 2.44. The lowest BCUT2D eigenvalue weighted by Crippen LogP contribution is -2.54. The summed E-state index contributed by atoms with van der Waals surface area (Å²) in [6.07, 6.45) is 0. The first-order valence-corrected chi connectivity index (χ1v) is 12.6. The van der Waals surface area contributed by atoms with Crippen LogP contribution < -0.4 is 5.01 Å². The first kappa shape index (κ1) is 24.7. The zero-order chi connectivity index (χ0) is 23.6. The maximum absolute atomic E-state index is 12.9. The summed E-state index contributed by atoms with van der Waals surface area (Å²) in [5.41, 5.74) is -0.931. The molecule has 9 nitrogen and oxygen atoms in total. The van der Waals surface area contributed by atoms with E-state index in [1.807, 2.05) is 0 Å². The molecule has 0 saturated carbocycles. The summed E-state index contributed by atoms with van der Waals surface area (Å²) in [6.45, 7) is 1.56. The predicted octanol–water partition coefficient (Wildman–Crippen LogP) is 1.70. The Morgan fingerprint density at radius 1 is 1.12 bits per heavy atom. The van der Waals surface area contributed by atoms with E-state index in [1.54, 1.807) is 43.3 Å². The highest BCUT2D eigenvalue weighted by molar-refractivity contribution is 7.77. The van der Waals surface area contributed by atoms with E-state index >= 15 is 0 Å². The molecule has 3 atom stereocenters. The zero-order valence-corrected chi connectivity index (χ0v) is 19.9. The van der Waals surface area contributed by atoms with E-state index in [2.05, 4.69) is 0 Å². The number of carbonyl (C=O) groups excluding carboxylic acids is 1. The number of carbonyl (C=O) groups is 1. The van der Waals surface area contributed by atoms with E-state index in [0.29, 0.717) is 21.8 Å². The number of nitrogens with zero attached hydrogens (tertiary/aromatic N) is 2. The second-order valence-corrected chi connectivity index (χ2v) is 9.83. The van der Waals surface area contributed by atoms with Gasteiger partial charge in [-0.2, -0.15) is 5.01 Å². The van der Waals surface area contributed by atoms with E-state index in [4.69, 9.17) is 27.9 Å². The van der Waals surface area contributed by atoms with Gasteiger partial charge in [0, 0.05) is 15.6 Å². The molecule has 0 amide bonds. The molecule has 2 aromatic rings. The Bertz CT molecular complexity index is 1160. The van der Waals surface area contributed by atoms with Crippen molar-refractivity contribution in [3.63, 3.8) is 0 Å². The van der Waals surface area contributed by atoms with Gasteiger partial charge in [-0.3, -0.25) is 5.01 Å². The van der Waals surface area contributed by atoms with Gasteiger partial charge in [0.05, 0.1) is 18.8 Å². The third-order valence-electron chi connectivity index (χ3n) is 4.87. The minimum Gasteiger partial charge on any atom is -0.465 e. The minimum absolute atomic E-state index is 0.0148. The lowest BCUT2D eigenvalue weighted by molar-refractivity contribution is -0.150. The molecule has 0 bridgehead atoms. The number of rotatable bonds is 8. The van der Waals surface area contributed by atoms with Crippen molar-refractivity contribution in [3.8, 4) is 0 Å². The second-order valence-electron chi connectivity index (χ2n) is 6.78. The molecule has 174 valence electrons. The van der Waals surface area contributed by atoms with Crippen LogP contribution in [0.4, 0.5) is 5.69 Å². The van der Waals surface area contributed by atoms with Crippen LogP contribution in [0.15, 0.2) is 42.5 Å². The Morgan fingerprint density at radius 2 is 1.81 bits per heavy atom. The molecule has 2 aromatic carbocycles. The molecule has 0 aromatic heterocycles. The maximum atomic E-state index is 12.9. The van der Waals surface area contributed by atoms with Gasteiger partial charge in [-0.15, -0.1) is 0 Å². The largest absolute Gasteiger partial charge is 0.465 e. The number of hydrogen-bond donors (Lipinski definition) is 3. The number of aliphatic hydroxyl groups excluding tert-OH is 1. The van der Waals surface area contributed by atoms with Gasteiger partial charge >= 0.3 is 5.97 Å². The lowest BCUT2D eigenvalue weighted by Gasteiger charge is -2.37. The zero-order valence-electron chi connectivity index (χ0n) is 16.6. The number of fused-ring (bicyclic) bond motifs is 1. The van der Waals surface area contributed by atoms with Gasteiger partial charge in [-0.25, -0.2) is 21.6 Å². The molecule has 0 radical (unpaired) electrons. The van der Waals surface area contributed by atoms with Gasteiger partial charge in [-0.05, 0) is 30.7 Å². The summed E-state index contributed by atoms with van der Waals surface area (Å²) in [7, 11) is -7.09. The number of hydrazine groups is 1. The van der Waals surface area contributed by atoms with Crippen molar-refractivity contribution in [1.82, 2.24) is 5.01 Å². The highest BCUT2D eigenvalue weighted by Gasteiger charge is 2.49. The molecule has 0 saturated heterocycles. The SMILES string of the molecule is CCOC(=O)C1c2ccccc2N(Cc2ccc(Cl)cc2Cl)N1C(C(O)[SH](=O)=O)[SH](=O)=O. The standard InChI is InChI=1S/C19H20Cl2N2O7S2/c1-2-30-18(24)16-13-5-3-4-6-15(13)22(10-11-7-8-12(20)9-14(11)21)23(16)17(31(26)27)19(25)32(28)29/h3-9,16-17,19,25,31-32H,2,10H2,1H3. The van der Waals surface area contributed by atoms with Crippen LogP contribution in [0.1, 0.15) is 24.1 Å². The van der Waals surface area contributed by atoms with Gasteiger partial charge in [-0.1, -0.05) is 47.5 Å². The number of anilines is 1. The van der Waals surface area contributed by atoms with Crippen molar-refractivity contribution in [1.29, 1.82) is 0 Å². The van der Waals surface area contributed by atoms with E-state index < -0.39 is 44.2 Å². The van der Waals surface area contributed by atoms with Gasteiger partial charge in [0.2, 0.25) is 0 Å². The fourth-order valence-corrected chi connectivity index (χ4v) is 5.69. The molecule has 0 aliphatic carbocycles. The van der Waals surface area contributed by atoms with E-state index in [1.165, 1.54) is 11.1 Å². The molecule has 1 aliphatic heterocycles. The second kappa shape index (κ2) is 10.4. The molecule has 0 spiro atoms. The summed E-state index contributed by atoms with van der Waals surface area (Å²) in [4.78, 5) is 12.9. The van der Waals surface area contributed by atoms with Crippen LogP contribution in [0.5, 0.6) is 0 Å². The maximum Gasteiger partial charge on any atom is 0.329 e. The number of thiol groups is 2. The molecule has 1 heterocycles. The smallest absolute Gasteiger partial charge is 0.329 e. The first-order chi connectivity index (χ1) is 15.2. The minimum atomic E-state index is -3.55. The van der Waals surface area contributed by atoms with Crippen LogP contribution in [0.2, 0.25) is 10.0 Å². The van der Waals surface area contributed by atoms with Gasteiger partial charge < -0.3 is 9.84 Å². The number of halogens is 2. The van der Waals surface area contributed by atoms with Gasteiger partial charge in [0.25, 0.3) is 0 Å². The summed E-state index contributed by atoms with van der Waals surface area (Å²) in [6, 6.07) is 9.99. The van der Waals surface area contributed by atoms with Crippen molar-refractivity contribution >= 4 is 56.3 Å². The van der Waals surface area contributed by atoms with Gasteiger partial charge in [0.15, 0.2) is 38.3 Å². The molecule has 13 heteroatoms. The highest BCUT2D eigenvalue weighted by atomic mass is 35.5. The van der Waals surface area contributed by atoms with Crippen molar-refractivity contribution < 1.29 is 31.5 Å². The molecule has 1 aliphatic rings. The number of hydrogen-bond acceptors (Lipinski definition) is 9. The lowest BCUT2D eigenvalue weighted by atomic mass is 10.1. The van der Waals surface area contributed by atoms with Crippen molar-refractivity contribution in [2.24, 2.45) is 0 Å². The monoisotopic (exact) mass is 522 g/mol. The van der Waals surface area contributed by atoms with Crippen molar-refractivity contribution in [2.45, 2.75) is 30.3 Å². The molecule has 3 rings (SSSR count). The van der Waals surface area contributed by atoms with Crippen LogP contribution in [0.25, 0.3) is 0 Å². The molecule has 0 fully saturated rings. The number of ether oxygens (including phenoxy) is 1. The number of aliphatic hydroxyl groups is 1. The quantitative estimate of drug-likeness (QED) is 0.351. The normalized spacial score (nSPS) is 18.1. The fraction of sp³-hybridized carbons (Fsp3) is 0.316. The van der Waals surface area contributed by atoms with E-state index in [0.717, 1.165) is 5.01 Å². The third-order valence-corrected chi connectivity index (χ3v) is 7.36. The number of benzene rings is 2. The molecular formula is C19H20Cl2N2O7S2. The Labute approximate surface area is 198 Å². The van der Waals surface area contributed by atoms with Crippen molar-refractivity contribution in [2.75, 3.05) is 11.6 Å². The van der Waals surface area contributed by atoms with Crippen LogP contribution in [-0.2, 0) is 37.5 Å². The Kier molecular flexibility index (Phi) is 8.01. The van der Waals surface area contributed by atoms with Crippen LogP contribution >= 0.6 is 23.2 Å². The van der Waals surface area contributed by atoms with Crippen LogP contribution in [0.3, 0.4) is 0 Å². The van der Waals surface area contributed by atoms with Crippen LogP contribution in [0, 0.1) is 0 Å². The topological polar surface area (TPSA) is 121 Å². The van der Waals surface area contributed by atoms with E-state index in [-0.39, 0.29) is 18.2 Å². The summed E-state index contributed by atoms with van der Waals surface area (Å²) in [5, 5.41) is 11.4. The third kappa shape index (κ3) is 4.87. The summed E-state index contributed by atoms with van der Waals surface area (Å²) >= 11 is 12.3. The van der Waals surface area contributed by atoms with Crippen LogP contribution in [-0.4, -0.2) is 50.3 Å². The Morgan fingerprint density at radius 3 is 2.41 bits per heavy atom. The molecule has 32 heavy (non-hydrogen) atoms. The first-order valence-electron chi connectivity index (χ1n) is 9.37. The van der Waals surface area contributed by atoms with Crippen molar-refractivity contribution in [3.05, 3.63) is 63.6 Å². The fourth-order valence-electron chi connectivity index (χ4n) is 3.54. The molecular weight excluding hydrogens is 503 g/mol. The number of para-hydroxylation sites is 1. The summed E-state index contributed by atoms with van der Waals surface area (Å²) < 4.78 is 52.6. The Hall–Kier alpha value is -1.89. The average molecular weight is 523 g/mol. The number of esters is 1. The van der Waals surface area contributed by atoms with E-state index in [9.17, 15) is 26.7 Å². The molecule has 1 N–H and O–H groups in total. The summed E-state index contributed by atoms with van der Waals surface area (Å²) in [5.74, 6) is -0.792. The molecule has 3 unspecified atom stereocenters. The van der Waals surface area contributed by atoms with Gasteiger partial charge in [0.1, 0.15) is 0 Å². The predicted molar refractivity (Wildman–Crippen MR) is 121 cm³/mol. The Balaban J connectivity index is 2.21. The average Bonchev–Trinajstić information content (AvgIpc) is 3.04.